The molecule has 0 unspecified atom stereocenters. The van der Waals surface area contributed by atoms with Crippen molar-refractivity contribution in [3.63, 3.8) is 0 Å². The SMILES string of the molecule is C[C@H]1CN([C@@H](C)CO)C(=O)c2cc(NC(=O)Nc3ccc(C(F)(F)F)cc3)ccc2O[C@@H]1CN(C)S(=O)(=O)c1ccc(F)cc1. The van der Waals surface area contributed by atoms with Gasteiger partial charge in [0.1, 0.15) is 17.7 Å². The van der Waals surface area contributed by atoms with Crippen LogP contribution in [0.3, 0.4) is 0 Å². The van der Waals surface area contributed by atoms with E-state index in [1.165, 1.54) is 30.1 Å². The lowest BCUT2D eigenvalue weighted by Gasteiger charge is -2.38. The zero-order valence-corrected chi connectivity index (χ0v) is 25.3. The van der Waals surface area contributed by atoms with Crippen molar-refractivity contribution in [3.8, 4) is 5.75 Å². The number of aliphatic hydroxyl groups excluding tert-OH is 1. The molecular formula is C30H32F4N4O6S. The summed E-state index contributed by atoms with van der Waals surface area (Å²) in [6, 6.07) is 11.1. The molecule has 0 spiro atoms. The lowest BCUT2D eigenvalue weighted by molar-refractivity contribution is -0.137. The van der Waals surface area contributed by atoms with E-state index in [0.717, 1.165) is 52.8 Å². The molecule has 3 aromatic carbocycles. The molecular weight excluding hydrogens is 620 g/mol. The maximum Gasteiger partial charge on any atom is 0.416 e. The maximum atomic E-state index is 13.7. The Morgan fingerprint density at radius 2 is 1.67 bits per heavy atom. The molecule has 1 aliphatic heterocycles. The Labute approximate surface area is 257 Å². The molecule has 45 heavy (non-hydrogen) atoms. The monoisotopic (exact) mass is 652 g/mol. The van der Waals surface area contributed by atoms with E-state index in [-0.39, 0.29) is 47.3 Å². The summed E-state index contributed by atoms with van der Waals surface area (Å²) >= 11 is 0. The Morgan fingerprint density at radius 1 is 1.07 bits per heavy atom. The number of nitrogens with zero attached hydrogens (tertiary/aromatic N) is 2. The predicted octanol–water partition coefficient (Wildman–Crippen LogP) is 5.03. The smallest absolute Gasteiger partial charge is 0.416 e. The molecule has 0 saturated heterocycles. The summed E-state index contributed by atoms with van der Waals surface area (Å²) in [6.45, 7) is 3.03. The highest BCUT2D eigenvalue weighted by Crippen LogP contribution is 2.32. The van der Waals surface area contributed by atoms with Crippen molar-refractivity contribution < 1.29 is 45.4 Å². The number of hydrogen-bond donors (Lipinski definition) is 3. The van der Waals surface area contributed by atoms with Gasteiger partial charge in [-0.15, -0.1) is 0 Å². The molecule has 4 rings (SSSR count). The van der Waals surface area contributed by atoms with E-state index in [1.54, 1.807) is 13.8 Å². The van der Waals surface area contributed by atoms with E-state index < -0.39 is 57.6 Å². The zero-order valence-electron chi connectivity index (χ0n) is 24.5. The van der Waals surface area contributed by atoms with E-state index in [0.29, 0.717) is 0 Å². The highest BCUT2D eigenvalue weighted by Gasteiger charge is 2.35. The van der Waals surface area contributed by atoms with Gasteiger partial charge in [-0.1, -0.05) is 6.92 Å². The first-order valence-corrected chi connectivity index (χ1v) is 15.2. The highest BCUT2D eigenvalue weighted by molar-refractivity contribution is 7.89. The van der Waals surface area contributed by atoms with Crippen LogP contribution >= 0.6 is 0 Å². The lowest BCUT2D eigenvalue weighted by Crippen LogP contribution is -2.50. The number of amides is 3. The van der Waals surface area contributed by atoms with Gasteiger partial charge < -0.3 is 25.4 Å². The number of ether oxygens (including phenoxy) is 1. The van der Waals surface area contributed by atoms with Crippen LogP contribution in [0.15, 0.2) is 71.6 Å². The van der Waals surface area contributed by atoms with Gasteiger partial charge in [0.15, 0.2) is 0 Å². The van der Waals surface area contributed by atoms with Gasteiger partial charge in [0.05, 0.1) is 35.2 Å². The van der Waals surface area contributed by atoms with E-state index in [1.807, 2.05) is 0 Å². The molecule has 0 radical (unpaired) electrons. The molecule has 0 aliphatic carbocycles. The van der Waals surface area contributed by atoms with Gasteiger partial charge in [-0.3, -0.25) is 4.79 Å². The summed E-state index contributed by atoms with van der Waals surface area (Å²) in [4.78, 5) is 27.6. The van der Waals surface area contributed by atoms with Crippen LogP contribution in [0.4, 0.5) is 33.7 Å². The third-order valence-electron chi connectivity index (χ3n) is 7.35. The molecule has 1 heterocycles. The minimum absolute atomic E-state index is 0.0311. The number of alkyl halides is 3. The zero-order chi connectivity index (χ0) is 33.1. The van der Waals surface area contributed by atoms with Crippen LogP contribution in [0, 0.1) is 11.7 Å². The Hall–Kier alpha value is -4.21. The number of benzene rings is 3. The molecule has 0 saturated carbocycles. The second kappa shape index (κ2) is 13.4. The quantitative estimate of drug-likeness (QED) is 0.293. The number of nitrogens with one attached hydrogen (secondary N) is 2. The maximum absolute atomic E-state index is 13.7. The summed E-state index contributed by atoms with van der Waals surface area (Å²) < 4.78 is 85.6. The number of rotatable bonds is 8. The minimum atomic E-state index is -4.53. The van der Waals surface area contributed by atoms with E-state index in [4.69, 9.17) is 4.74 Å². The highest BCUT2D eigenvalue weighted by atomic mass is 32.2. The van der Waals surface area contributed by atoms with Crippen molar-refractivity contribution in [2.75, 3.05) is 37.4 Å². The van der Waals surface area contributed by atoms with Crippen molar-refractivity contribution in [2.45, 2.75) is 37.1 Å². The number of hydrogen-bond acceptors (Lipinski definition) is 6. The first-order chi connectivity index (χ1) is 21.1. The number of urea groups is 1. The topological polar surface area (TPSA) is 128 Å². The average Bonchev–Trinajstić information content (AvgIpc) is 2.98. The number of likely N-dealkylation sites (N-methyl/N-ethyl adjacent to an activating group) is 1. The third kappa shape index (κ3) is 7.90. The minimum Gasteiger partial charge on any atom is -0.488 e. The van der Waals surface area contributed by atoms with Gasteiger partial charge in [0.25, 0.3) is 5.91 Å². The lowest BCUT2D eigenvalue weighted by atomic mass is 9.99. The average molecular weight is 653 g/mol. The molecule has 0 fully saturated rings. The van der Waals surface area contributed by atoms with Gasteiger partial charge in [-0.25, -0.2) is 17.6 Å². The van der Waals surface area contributed by atoms with Crippen LogP contribution in [0.1, 0.15) is 29.8 Å². The van der Waals surface area contributed by atoms with Gasteiger partial charge in [-0.05, 0) is 73.7 Å². The van der Waals surface area contributed by atoms with E-state index in [2.05, 4.69) is 10.6 Å². The summed E-state index contributed by atoms with van der Waals surface area (Å²) in [5.41, 5.74) is -0.579. The molecule has 1 aliphatic rings. The Balaban J connectivity index is 1.58. The van der Waals surface area contributed by atoms with E-state index in [9.17, 15) is 40.7 Å². The Bertz CT molecular complexity index is 1640. The number of sulfonamides is 1. The molecule has 15 heteroatoms. The summed E-state index contributed by atoms with van der Waals surface area (Å²) in [5, 5.41) is 14.8. The van der Waals surface area contributed by atoms with E-state index >= 15 is 0 Å². The third-order valence-corrected chi connectivity index (χ3v) is 9.19. The summed E-state index contributed by atoms with van der Waals surface area (Å²) in [5.74, 6) is -1.39. The number of carbonyl (C=O) groups is 2. The fraction of sp³-hybridized carbons (Fsp3) is 0.333. The van der Waals surface area contributed by atoms with Gasteiger partial charge in [0.2, 0.25) is 10.0 Å². The molecule has 0 bridgehead atoms. The Morgan fingerprint density at radius 3 is 2.27 bits per heavy atom. The summed E-state index contributed by atoms with van der Waals surface area (Å²) in [6.07, 6.45) is -5.30. The van der Waals surface area contributed by atoms with Crippen molar-refractivity contribution in [1.29, 1.82) is 0 Å². The Kier molecular flexibility index (Phi) is 10.0. The summed E-state index contributed by atoms with van der Waals surface area (Å²) in [7, 11) is -2.66. The largest absolute Gasteiger partial charge is 0.488 e. The fourth-order valence-electron chi connectivity index (χ4n) is 4.69. The molecule has 3 aromatic rings. The molecule has 3 atom stereocenters. The van der Waals surface area contributed by atoms with Crippen molar-refractivity contribution in [1.82, 2.24) is 9.21 Å². The van der Waals surface area contributed by atoms with Crippen LogP contribution in [0.25, 0.3) is 0 Å². The number of aliphatic hydroxyl groups is 1. The van der Waals surface area contributed by atoms with Gasteiger partial charge in [-0.2, -0.15) is 17.5 Å². The van der Waals surface area contributed by atoms with Crippen molar-refractivity contribution in [3.05, 3.63) is 83.7 Å². The fourth-order valence-corrected chi connectivity index (χ4v) is 5.88. The van der Waals surface area contributed by atoms with Crippen LogP contribution in [0.2, 0.25) is 0 Å². The second-order valence-electron chi connectivity index (χ2n) is 10.7. The number of fused-ring (bicyclic) bond motifs is 1. The number of carbonyl (C=O) groups excluding carboxylic acids is 2. The normalized spacial score (nSPS) is 18.0. The number of anilines is 2. The van der Waals surface area contributed by atoms with Crippen LogP contribution in [-0.2, 0) is 16.2 Å². The van der Waals surface area contributed by atoms with Crippen molar-refractivity contribution >= 4 is 33.3 Å². The predicted molar refractivity (Wildman–Crippen MR) is 158 cm³/mol. The standard InChI is InChI=1S/C30H32F4N4O6S/c1-18-15-38(19(2)17-39)28(40)25-14-23(36-29(41)35-22-8-4-20(5-9-22)30(32,33)34)10-13-26(25)44-27(18)16-37(3)45(42,43)24-11-6-21(31)7-12-24/h4-14,18-19,27,39H,15-17H2,1-3H3,(H2,35,36,41)/t18-,19-,27+/m0/s1. The van der Waals surface area contributed by atoms with Crippen molar-refractivity contribution in [2.24, 2.45) is 5.92 Å². The molecule has 3 N–H and O–H groups in total. The second-order valence-corrected chi connectivity index (χ2v) is 12.8. The molecule has 242 valence electrons. The number of halogens is 4. The van der Waals surface area contributed by atoms with Crippen LogP contribution in [0.5, 0.6) is 5.75 Å². The molecule has 0 aromatic heterocycles. The van der Waals surface area contributed by atoms with Crippen LogP contribution < -0.4 is 15.4 Å². The van der Waals surface area contributed by atoms with Crippen LogP contribution in [-0.4, -0.2) is 73.6 Å². The van der Waals surface area contributed by atoms with Gasteiger partial charge >= 0.3 is 12.2 Å². The van der Waals surface area contributed by atoms with Gasteiger partial charge in [0, 0.05) is 30.9 Å². The molecule has 3 amide bonds. The molecule has 10 nitrogen and oxygen atoms in total. The first-order valence-electron chi connectivity index (χ1n) is 13.8. The first kappa shape index (κ1) is 33.7.